The van der Waals surface area contributed by atoms with Gasteiger partial charge in [-0.15, -0.1) is 0 Å². The molecule has 1 aromatic rings. The summed E-state index contributed by atoms with van der Waals surface area (Å²) in [6, 6.07) is 5.52. The zero-order valence-corrected chi connectivity index (χ0v) is 10.3. The van der Waals surface area contributed by atoms with Crippen molar-refractivity contribution in [2.24, 2.45) is 0 Å². The van der Waals surface area contributed by atoms with Crippen LogP contribution in [0.25, 0.3) is 0 Å². The average molecular weight is 240 g/mol. The summed E-state index contributed by atoms with van der Waals surface area (Å²) in [5.41, 5.74) is 1.64. The van der Waals surface area contributed by atoms with Gasteiger partial charge in [-0.25, -0.2) is 8.42 Å². The minimum absolute atomic E-state index is 0.336. The lowest BCUT2D eigenvalue weighted by atomic mass is 10.0. The van der Waals surface area contributed by atoms with Crippen molar-refractivity contribution in [1.29, 1.82) is 0 Å². The summed E-state index contributed by atoms with van der Waals surface area (Å²) in [4.78, 5) is 0.461. The first kappa shape index (κ1) is 11.6. The molecule has 3 nitrogen and oxygen atoms in total. The summed E-state index contributed by atoms with van der Waals surface area (Å²) in [6.07, 6.45) is 0.470. The van der Waals surface area contributed by atoms with Crippen molar-refractivity contribution in [2.45, 2.75) is 42.9 Å². The smallest absolute Gasteiger partial charge is 0.181 e. The van der Waals surface area contributed by atoms with Crippen LogP contribution in [0.2, 0.25) is 0 Å². The van der Waals surface area contributed by atoms with Crippen LogP contribution in [-0.4, -0.2) is 24.9 Å². The Morgan fingerprint density at radius 1 is 1.50 bits per heavy atom. The molecule has 1 heterocycles. The molecule has 0 spiro atoms. The molecular formula is C12H16O3S. The SMILES string of the molecule is CC(O)Cc1cccc2c1S(=O)(=O)C(C)C2. The fraction of sp³-hybridized carbons (Fsp3) is 0.500. The standard InChI is InChI=1S/C12H16O3S/c1-8(13)6-10-4-3-5-11-7-9(2)16(14,15)12(10)11/h3-5,8-9,13H,6-7H2,1-2H3. The first-order valence-corrected chi connectivity index (χ1v) is 7.00. The zero-order valence-electron chi connectivity index (χ0n) is 9.47. The minimum atomic E-state index is -3.17. The van der Waals surface area contributed by atoms with E-state index >= 15 is 0 Å². The fourth-order valence-corrected chi connectivity index (χ4v) is 4.10. The molecule has 0 bridgehead atoms. The van der Waals surface area contributed by atoms with Crippen molar-refractivity contribution < 1.29 is 13.5 Å². The Morgan fingerprint density at radius 3 is 2.81 bits per heavy atom. The summed E-state index contributed by atoms with van der Waals surface area (Å²) in [7, 11) is -3.17. The van der Waals surface area contributed by atoms with Crippen LogP contribution in [0.3, 0.4) is 0 Å². The quantitative estimate of drug-likeness (QED) is 0.848. The maximum atomic E-state index is 12.1. The van der Waals surface area contributed by atoms with E-state index in [4.69, 9.17) is 0 Å². The van der Waals surface area contributed by atoms with Crippen molar-refractivity contribution >= 4 is 9.84 Å². The van der Waals surface area contributed by atoms with E-state index < -0.39 is 15.9 Å². The van der Waals surface area contributed by atoms with Gasteiger partial charge in [0, 0.05) is 0 Å². The summed E-state index contributed by atoms with van der Waals surface area (Å²) in [5.74, 6) is 0. The van der Waals surface area contributed by atoms with Gasteiger partial charge in [0.15, 0.2) is 9.84 Å². The fourth-order valence-electron chi connectivity index (χ4n) is 2.26. The second-order valence-corrected chi connectivity index (χ2v) is 6.82. The molecule has 0 aliphatic carbocycles. The average Bonchev–Trinajstić information content (AvgIpc) is 2.38. The molecule has 0 fully saturated rings. The lowest BCUT2D eigenvalue weighted by Crippen LogP contribution is -2.14. The monoisotopic (exact) mass is 240 g/mol. The number of aliphatic hydroxyl groups excluding tert-OH is 1. The lowest BCUT2D eigenvalue weighted by molar-refractivity contribution is 0.194. The Balaban J connectivity index is 2.57. The molecule has 0 saturated heterocycles. The molecule has 2 unspecified atom stereocenters. The third kappa shape index (κ3) is 1.76. The first-order valence-electron chi connectivity index (χ1n) is 5.45. The molecule has 16 heavy (non-hydrogen) atoms. The molecule has 4 heteroatoms. The van der Waals surface area contributed by atoms with Gasteiger partial charge in [0.05, 0.1) is 16.2 Å². The van der Waals surface area contributed by atoms with E-state index in [2.05, 4.69) is 0 Å². The van der Waals surface area contributed by atoms with E-state index in [0.29, 0.717) is 17.7 Å². The molecule has 1 aliphatic heterocycles. The van der Waals surface area contributed by atoms with Gasteiger partial charge in [0.25, 0.3) is 0 Å². The zero-order chi connectivity index (χ0) is 11.9. The highest BCUT2D eigenvalue weighted by molar-refractivity contribution is 7.92. The van der Waals surface area contributed by atoms with Crippen LogP contribution in [-0.2, 0) is 22.7 Å². The summed E-state index contributed by atoms with van der Waals surface area (Å²) < 4.78 is 24.2. The highest BCUT2D eigenvalue weighted by Crippen LogP contribution is 2.34. The highest BCUT2D eigenvalue weighted by atomic mass is 32.2. The molecule has 0 aromatic heterocycles. The maximum Gasteiger partial charge on any atom is 0.181 e. The second-order valence-electron chi connectivity index (χ2n) is 4.52. The molecule has 2 atom stereocenters. The van der Waals surface area contributed by atoms with Gasteiger partial charge in [-0.05, 0) is 37.8 Å². The Kier molecular flexibility index (Phi) is 2.80. The molecule has 0 saturated carbocycles. The van der Waals surface area contributed by atoms with E-state index in [1.807, 2.05) is 12.1 Å². The first-order chi connectivity index (χ1) is 7.43. The molecule has 1 aromatic carbocycles. The maximum absolute atomic E-state index is 12.1. The van der Waals surface area contributed by atoms with Gasteiger partial charge in [0.1, 0.15) is 0 Å². The predicted octanol–water partition coefficient (Wildman–Crippen LogP) is 1.33. The van der Waals surface area contributed by atoms with Crippen molar-refractivity contribution in [3.05, 3.63) is 29.3 Å². The van der Waals surface area contributed by atoms with E-state index in [1.165, 1.54) is 0 Å². The van der Waals surface area contributed by atoms with Gasteiger partial charge in [-0.3, -0.25) is 0 Å². The molecule has 2 rings (SSSR count). The van der Waals surface area contributed by atoms with Gasteiger partial charge >= 0.3 is 0 Å². The van der Waals surface area contributed by atoms with Crippen LogP contribution in [0.1, 0.15) is 25.0 Å². The molecular weight excluding hydrogens is 224 g/mol. The Bertz CT molecular complexity index is 503. The second kappa shape index (κ2) is 3.86. The number of benzene rings is 1. The third-order valence-electron chi connectivity index (χ3n) is 3.02. The summed E-state index contributed by atoms with van der Waals surface area (Å²) in [5, 5.41) is 9.04. The topological polar surface area (TPSA) is 54.4 Å². The van der Waals surface area contributed by atoms with Crippen LogP contribution >= 0.6 is 0 Å². The molecule has 1 N–H and O–H groups in total. The number of rotatable bonds is 2. The molecule has 0 amide bonds. The third-order valence-corrected chi connectivity index (χ3v) is 5.33. The van der Waals surface area contributed by atoms with Crippen LogP contribution in [0.4, 0.5) is 0 Å². The Hall–Kier alpha value is -0.870. The van der Waals surface area contributed by atoms with Gasteiger partial charge in [0.2, 0.25) is 0 Å². The number of sulfone groups is 1. The molecule has 0 radical (unpaired) electrons. The molecule has 88 valence electrons. The normalized spacial score (nSPS) is 24.1. The summed E-state index contributed by atoms with van der Waals surface area (Å²) in [6.45, 7) is 3.41. The van der Waals surface area contributed by atoms with Crippen LogP contribution in [0.15, 0.2) is 23.1 Å². The number of hydrogen-bond acceptors (Lipinski definition) is 3. The number of hydrogen-bond donors (Lipinski definition) is 1. The van der Waals surface area contributed by atoms with E-state index in [1.54, 1.807) is 19.9 Å². The Labute approximate surface area is 96.0 Å². The van der Waals surface area contributed by atoms with E-state index in [0.717, 1.165) is 11.1 Å². The molecule has 1 aliphatic rings. The van der Waals surface area contributed by atoms with Gasteiger partial charge in [-0.2, -0.15) is 0 Å². The number of fused-ring (bicyclic) bond motifs is 1. The van der Waals surface area contributed by atoms with Crippen molar-refractivity contribution in [1.82, 2.24) is 0 Å². The van der Waals surface area contributed by atoms with Gasteiger partial charge in [-0.1, -0.05) is 18.2 Å². The number of aliphatic hydroxyl groups is 1. The van der Waals surface area contributed by atoms with Crippen LogP contribution in [0.5, 0.6) is 0 Å². The van der Waals surface area contributed by atoms with E-state index in [-0.39, 0.29) is 5.25 Å². The summed E-state index contributed by atoms with van der Waals surface area (Å²) >= 11 is 0. The van der Waals surface area contributed by atoms with Crippen LogP contribution < -0.4 is 0 Å². The van der Waals surface area contributed by atoms with Crippen molar-refractivity contribution in [3.8, 4) is 0 Å². The largest absolute Gasteiger partial charge is 0.393 e. The van der Waals surface area contributed by atoms with Crippen LogP contribution in [0, 0.1) is 0 Å². The highest BCUT2D eigenvalue weighted by Gasteiger charge is 2.35. The van der Waals surface area contributed by atoms with E-state index in [9.17, 15) is 13.5 Å². The van der Waals surface area contributed by atoms with Gasteiger partial charge < -0.3 is 5.11 Å². The Morgan fingerprint density at radius 2 is 2.19 bits per heavy atom. The minimum Gasteiger partial charge on any atom is -0.393 e. The van der Waals surface area contributed by atoms with Crippen molar-refractivity contribution in [2.75, 3.05) is 0 Å². The predicted molar refractivity (Wildman–Crippen MR) is 62.2 cm³/mol. The van der Waals surface area contributed by atoms with Crippen molar-refractivity contribution in [3.63, 3.8) is 0 Å². The lowest BCUT2D eigenvalue weighted by Gasteiger charge is -2.10.